The van der Waals surface area contributed by atoms with Crippen LogP contribution in [-0.4, -0.2) is 19.3 Å². The zero-order valence-corrected chi connectivity index (χ0v) is 6.99. The van der Waals surface area contributed by atoms with Gasteiger partial charge in [0, 0.05) is 24.4 Å². The topological polar surface area (TPSA) is 12.0 Å². The number of fused-ring (bicyclic) bond motifs is 1. The highest BCUT2D eigenvalue weighted by Gasteiger charge is 2.64. The van der Waals surface area contributed by atoms with E-state index in [1.54, 1.807) is 0 Å². The Labute approximate surface area is 74.7 Å². The maximum Gasteiger partial charge on any atom is 0.392 e. The number of rotatable bonds is 0. The van der Waals surface area contributed by atoms with Crippen molar-refractivity contribution < 1.29 is 13.2 Å². The van der Waals surface area contributed by atoms with E-state index in [-0.39, 0.29) is 6.42 Å². The van der Waals surface area contributed by atoms with Crippen LogP contribution in [0, 0.1) is 29.6 Å². The molecule has 0 aromatic rings. The number of hydrogen-bond acceptors (Lipinski definition) is 1. The zero-order chi connectivity index (χ0) is 9.69. The maximum absolute atomic E-state index is 12.3. The minimum Gasteiger partial charge on any atom is -0.315 e. The third kappa shape index (κ3) is 1.07. The minimum absolute atomic E-state index is 0.102. The van der Waals surface area contributed by atoms with Gasteiger partial charge in [-0.25, -0.2) is 0 Å². The summed E-state index contributed by atoms with van der Waals surface area (Å²) in [7, 11) is 0. The molecule has 0 radical (unpaired) electrons. The molecular formula is C9H10F3N. The van der Waals surface area contributed by atoms with Gasteiger partial charge in [-0.15, -0.1) is 6.42 Å². The van der Waals surface area contributed by atoms with Gasteiger partial charge in [-0.2, -0.15) is 13.2 Å². The molecule has 0 aromatic heterocycles. The van der Waals surface area contributed by atoms with Gasteiger partial charge in [0.05, 0.1) is 5.92 Å². The van der Waals surface area contributed by atoms with E-state index in [1.165, 1.54) is 0 Å². The second-order valence-electron chi connectivity index (χ2n) is 3.89. The molecule has 13 heavy (non-hydrogen) atoms. The Balaban J connectivity index is 2.15. The second kappa shape index (κ2) is 2.42. The SMILES string of the molecule is C#C[C@]12CNC[C@H]1[C@H](C(F)(F)F)C2. The molecule has 2 fully saturated rings. The van der Waals surface area contributed by atoms with Crippen LogP contribution in [0.5, 0.6) is 0 Å². The van der Waals surface area contributed by atoms with Gasteiger partial charge in [-0.3, -0.25) is 0 Å². The van der Waals surface area contributed by atoms with Gasteiger partial charge in [0.1, 0.15) is 0 Å². The Morgan fingerprint density at radius 3 is 2.69 bits per heavy atom. The van der Waals surface area contributed by atoms with E-state index in [9.17, 15) is 13.2 Å². The first-order valence-corrected chi connectivity index (χ1v) is 4.25. The molecule has 0 unspecified atom stereocenters. The Morgan fingerprint density at radius 1 is 1.46 bits per heavy atom. The predicted octanol–water partition coefficient (Wildman–Crippen LogP) is 1.41. The zero-order valence-electron chi connectivity index (χ0n) is 6.99. The molecule has 1 heterocycles. The van der Waals surface area contributed by atoms with E-state index in [4.69, 9.17) is 6.42 Å². The van der Waals surface area contributed by atoms with Crippen LogP contribution >= 0.6 is 0 Å². The molecule has 1 N–H and O–H groups in total. The van der Waals surface area contributed by atoms with Crippen LogP contribution in [0.25, 0.3) is 0 Å². The molecule has 4 heteroatoms. The summed E-state index contributed by atoms with van der Waals surface area (Å²) < 4.78 is 37.0. The first kappa shape index (κ1) is 8.89. The van der Waals surface area contributed by atoms with E-state index >= 15 is 0 Å². The molecule has 0 amide bonds. The molecule has 2 aliphatic rings. The molecule has 0 aromatic carbocycles. The summed E-state index contributed by atoms with van der Waals surface area (Å²) in [4.78, 5) is 0. The van der Waals surface area contributed by atoms with Gasteiger partial charge >= 0.3 is 6.18 Å². The second-order valence-corrected chi connectivity index (χ2v) is 3.89. The lowest BCUT2D eigenvalue weighted by molar-refractivity contribution is -0.231. The number of terminal acetylenes is 1. The van der Waals surface area contributed by atoms with Crippen LogP contribution in [0.4, 0.5) is 13.2 Å². The molecule has 1 nitrogen and oxygen atoms in total. The van der Waals surface area contributed by atoms with Crippen molar-refractivity contribution in [2.75, 3.05) is 13.1 Å². The van der Waals surface area contributed by atoms with Gasteiger partial charge in [0.25, 0.3) is 0 Å². The van der Waals surface area contributed by atoms with Crippen LogP contribution in [0.3, 0.4) is 0 Å². The van der Waals surface area contributed by atoms with Gasteiger partial charge in [-0.05, 0) is 6.42 Å². The van der Waals surface area contributed by atoms with Crippen LogP contribution in [0.1, 0.15) is 6.42 Å². The van der Waals surface area contributed by atoms with Crippen molar-refractivity contribution in [3.8, 4) is 12.3 Å². The van der Waals surface area contributed by atoms with Crippen molar-refractivity contribution in [3.05, 3.63) is 0 Å². The number of nitrogens with one attached hydrogen (secondary N) is 1. The average molecular weight is 189 g/mol. The highest BCUT2D eigenvalue weighted by atomic mass is 19.4. The van der Waals surface area contributed by atoms with E-state index in [0.29, 0.717) is 13.1 Å². The fraction of sp³-hybridized carbons (Fsp3) is 0.778. The molecular weight excluding hydrogens is 179 g/mol. The largest absolute Gasteiger partial charge is 0.392 e. The number of hydrogen-bond donors (Lipinski definition) is 1. The molecule has 3 atom stereocenters. The quantitative estimate of drug-likeness (QED) is 0.568. The number of alkyl halides is 3. The molecule has 72 valence electrons. The number of halogens is 3. The summed E-state index contributed by atoms with van der Waals surface area (Å²) in [5, 5.41) is 2.94. The standard InChI is InChI=1S/C9H10F3N/c1-2-8-3-6(9(10,11)12)7(8)4-13-5-8/h1,6-7,13H,3-5H2/t6-,7+,8+/m1/s1. The van der Waals surface area contributed by atoms with Gasteiger partial charge in [-0.1, -0.05) is 5.92 Å². The Morgan fingerprint density at radius 2 is 2.15 bits per heavy atom. The van der Waals surface area contributed by atoms with Gasteiger partial charge in [0.2, 0.25) is 0 Å². The lowest BCUT2D eigenvalue weighted by atomic mass is 9.55. The minimum atomic E-state index is -4.07. The molecule has 1 saturated carbocycles. The summed E-state index contributed by atoms with van der Waals surface area (Å²) in [5.74, 6) is 0.943. The van der Waals surface area contributed by atoms with Crippen molar-refractivity contribution >= 4 is 0 Å². The normalized spacial score (nSPS) is 43.5. The van der Waals surface area contributed by atoms with E-state index in [0.717, 1.165) is 0 Å². The van der Waals surface area contributed by atoms with E-state index < -0.39 is 23.4 Å². The van der Waals surface area contributed by atoms with Crippen molar-refractivity contribution in [2.45, 2.75) is 12.6 Å². The lowest BCUT2D eigenvalue weighted by Crippen LogP contribution is -2.52. The third-order valence-corrected chi connectivity index (χ3v) is 3.29. The first-order valence-electron chi connectivity index (χ1n) is 4.25. The summed E-state index contributed by atoms with van der Waals surface area (Å²) in [6, 6.07) is 0. The highest BCUT2D eigenvalue weighted by molar-refractivity contribution is 5.22. The van der Waals surface area contributed by atoms with Crippen molar-refractivity contribution in [2.24, 2.45) is 17.3 Å². The fourth-order valence-electron chi connectivity index (χ4n) is 2.46. The Hall–Kier alpha value is -0.690. The molecule has 0 spiro atoms. The molecule has 2 rings (SSSR count). The van der Waals surface area contributed by atoms with Gasteiger partial charge in [0.15, 0.2) is 0 Å². The van der Waals surface area contributed by atoms with E-state index in [1.807, 2.05) is 0 Å². The van der Waals surface area contributed by atoms with Crippen LogP contribution in [0.2, 0.25) is 0 Å². The third-order valence-electron chi connectivity index (χ3n) is 3.29. The molecule has 1 aliphatic carbocycles. The lowest BCUT2D eigenvalue weighted by Gasteiger charge is -2.47. The molecule has 1 saturated heterocycles. The van der Waals surface area contributed by atoms with Crippen LogP contribution in [0.15, 0.2) is 0 Å². The Bertz CT molecular complexity index is 265. The van der Waals surface area contributed by atoms with E-state index in [2.05, 4.69) is 11.2 Å². The smallest absolute Gasteiger partial charge is 0.315 e. The summed E-state index contributed by atoms with van der Waals surface area (Å²) in [5.41, 5.74) is -0.500. The summed E-state index contributed by atoms with van der Waals surface area (Å²) >= 11 is 0. The summed E-state index contributed by atoms with van der Waals surface area (Å²) in [6.45, 7) is 0.953. The monoisotopic (exact) mass is 189 g/mol. The highest BCUT2D eigenvalue weighted by Crippen LogP contribution is 2.58. The van der Waals surface area contributed by atoms with Gasteiger partial charge < -0.3 is 5.32 Å². The van der Waals surface area contributed by atoms with Crippen molar-refractivity contribution in [1.29, 1.82) is 0 Å². The van der Waals surface area contributed by atoms with Crippen LogP contribution in [-0.2, 0) is 0 Å². The fourth-order valence-corrected chi connectivity index (χ4v) is 2.46. The summed E-state index contributed by atoms with van der Waals surface area (Å²) in [6.07, 6.45) is 1.29. The molecule has 1 aliphatic heterocycles. The average Bonchev–Trinajstić information content (AvgIpc) is 2.27. The first-order chi connectivity index (χ1) is 5.99. The maximum atomic E-state index is 12.3. The van der Waals surface area contributed by atoms with Crippen molar-refractivity contribution in [1.82, 2.24) is 5.32 Å². The predicted molar refractivity (Wildman–Crippen MR) is 41.8 cm³/mol. The van der Waals surface area contributed by atoms with Crippen molar-refractivity contribution in [3.63, 3.8) is 0 Å². The van der Waals surface area contributed by atoms with Crippen LogP contribution < -0.4 is 5.32 Å². The Kier molecular flexibility index (Phi) is 1.65. The molecule has 0 bridgehead atoms.